The van der Waals surface area contributed by atoms with E-state index in [2.05, 4.69) is 29.8 Å². The van der Waals surface area contributed by atoms with Gasteiger partial charge in [-0.1, -0.05) is 25.4 Å². The van der Waals surface area contributed by atoms with E-state index in [1.807, 2.05) is 0 Å². The normalized spacial score (nSPS) is 25.7. The maximum absolute atomic E-state index is 12.4. The number of fused-ring (bicyclic) bond motifs is 4. The smallest absolute Gasteiger partial charge is 0.324 e. The van der Waals surface area contributed by atoms with Crippen LogP contribution in [0.2, 0.25) is 5.02 Å². The molecule has 4 atom stereocenters. The van der Waals surface area contributed by atoms with Crippen molar-refractivity contribution in [2.45, 2.75) is 38.3 Å². The van der Waals surface area contributed by atoms with Crippen LogP contribution in [0.15, 0.2) is 24.3 Å². The SMILES string of the molecule is CC1c2sc(NC(=O)Nc3ccc(Cl)cc3)c(C(N)=O)c2[C@@H]2N[C@H]1CC2C. The molecule has 0 saturated carbocycles. The Labute approximate surface area is 166 Å². The molecule has 3 amide bonds. The van der Waals surface area contributed by atoms with E-state index in [9.17, 15) is 9.59 Å². The van der Waals surface area contributed by atoms with Crippen LogP contribution < -0.4 is 21.7 Å². The molecule has 1 saturated heterocycles. The third kappa shape index (κ3) is 3.20. The molecule has 2 bridgehead atoms. The molecule has 142 valence electrons. The first-order valence-corrected chi connectivity index (χ1v) is 10.1. The molecule has 6 nitrogen and oxygen atoms in total. The number of anilines is 2. The second-order valence-electron chi connectivity index (χ2n) is 7.29. The first kappa shape index (κ1) is 18.3. The summed E-state index contributed by atoms with van der Waals surface area (Å²) in [5.74, 6) is 0.183. The molecule has 2 unspecified atom stereocenters. The van der Waals surface area contributed by atoms with Crippen molar-refractivity contribution >= 4 is 45.6 Å². The quantitative estimate of drug-likeness (QED) is 0.614. The minimum Gasteiger partial charge on any atom is -0.365 e. The summed E-state index contributed by atoms with van der Waals surface area (Å²) >= 11 is 7.32. The van der Waals surface area contributed by atoms with E-state index >= 15 is 0 Å². The molecule has 4 rings (SSSR count). The molecule has 1 aromatic carbocycles. The van der Waals surface area contributed by atoms with Crippen molar-refractivity contribution in [2.24, 2.45) is 11.7 Å². The number of hydrogen-bond acceptors (Lipinski definition) is 4. The van der Waals surface area contributed by atoms with Gasteiger partial charge in [-0.2, -0.15) is 0 Å². The van der Waals surface area contributed by atoms with Crippen LogP contribution >= 0.6 is 22.9 Å². The Morgan fingerprint density at radius 3 is 2.59 bits per heavy atom. The zero-order chi connectivity index (χ0) is 19.3. The lowest BCUT2D eigenvalue weighted by atomic mass is 9.90. The number of amides is 3. The molecule has 1 fully saturated rings. The second kappa shape index (κ2) is 6.82. The van der Waals surface area contributed by atoms with Gasteiger partial charge in [-0.25, -0.2) is 4.79 Å². The topological polar surface area (TPSA) is 96.2 Å². The van der Waals surface area contributed by atoms with Crippen LogP contribution in [-0.4, -0.2) is 18.0 Å². The Balaban J connectivity index is 1.64. The number of nitrogens with two attached hydrogens (primary N) is 1. The van der Waals surface area contributed by atoms with Gasteiger partial charge in [0.05, 0.1) is 5.56 Å². The summed E-state index contributed by atoms with van der Waals surface area (Å²) in [5.41, 5.74) is 7.71. The predicted molar refractivity (Wildman–Crippen MR) is 109 cm³/mol. The summed E-state index contributed by atoms with van der Waals surface area (Å²) in [6.45, 7) is 4.34. The Morgan fingerprint density at radius 2 is 1.93 bits per heavy atom. The first-order chi connectivity index (χ1) is 12.8. The number of thiophene rings is 1. The molecule has 3 heterocycles. The van der Waals surface area contributed by atoms with Crippen molar-refractivity contribution in [1.29, 1.82) is 0 Å². The lowest BCUT2D eigenvalue weighted by Gasteiger charge is -2.28. The van der Waals surface area contributed by atoms with Crippen LogP contribution in [0, 0.1) is 5.92 Å². The lowest BCUT2D eigenvalue weighted by molar-refractivity contribution is 0.0999. The van der Waals surface area contributed by atoms with E-state index in [-0.39, 0.29) is 12.0 Å². The summed E-state index contributed by atoms with van der Waals surface area (Å²) in [6, 6.07) is 6.90. The molecular weight excluding hydrogens is 384 g/mol. The fourth-order valence-electron chi connectivity index (χ4n) is 4.14. The van der Waals surface area contributed by atoms with Crippen LogP contribution in [0.3, 0.4) is 0 Å². The van der Waals surface area contributed by atoms with Gasteiger partial charge >= 0.3 is 6.03 Å². The standard InChI is InChI=1S/C19H21ClN4O2S/c1-8-7-12-9(2)16-13(15(8)23-12)14(17(21)25)18(27-16)24-19(26)22-11-5-3-10(20)4-6-11/h3-6,8-9,12,15,23H,7H2,1-2H3,(H2,21,25)(H2,22,24,26)/t8?,9?,12-,15+/m0/s1. The summed E-state index contributed by atoms with van der Waals surface area (Å²) in [6.07, 6.45) is 1.07. The number of carbonyl (C=O) groups excluding carboxylic acids is 2. The molecule has 1 aromatic heterocycles. The van der Waals surface area contributed by atoms with Crippen LogP contribution in [0.5, 0.6) is 0 Å². The molecule has 27 heavy (non-hydrogen) atoms. The van der Waals surface area contributed by atoms with Crippen molar-refractivity contribution in [1.82, 2.24) is 5.32 Å². The highest BCUT2D eigenvalue weighted by Crippen LogP contribution is 2.52. The number of halogens is 1. The van der Waals surface area contributed by atoms with Crippen molar-refractivity contribution in [2.75, 3.05) is 10.6 Å². The van der Waals surface area contributed by atoms with Crippen LogP contribution in [-0.2, 0) is 0 Å². The average molecular weight is 405 g/mol. The van der Waals surface area contributed by atoms with Gasteiger partial charge in [0.15, 0.2) is 0 Å². The van der Waals surface area contributed by atoms with E-state index in [1.54, 1.807) is 24.3 Å². The summed E-state index contributed by atoms with van der Waals surface area (Å²) < 4.78 is 0. The largest absolute Gasteiger partial charge is 0.365 e. The molecule has 8 heteroatoms. The van der Waals surface area contributed by atoms with Crippen molar-refractivity contribution < 1.29 is 9.59 Å². The Bertz CT molecular complexity index is 911. The average Bonchev–Trinajstić information content (AvgIpc) is 3.14. The van der Waals surface area contributed by atoms with Gasteiger partial charge in [0, 0.05) is 33.6 Å². The molecular formula is C19H21ClN4O2S. The van der Waals surface area contributed by atoms with Gasteiger partial charge in [-0.15, -0.1) is 11.3 Å². The highest BCUT2D eigenvalue weighted by Gasteiger charge is 2.45. The number of carbonyl (C=O) groups is 2. The third-order valence-corrected chi connectivity index (χ3v) is 7.04. The second-order valence-corrected chi connectivity index (χ2v) is 8.78. The van der Waals surface area contributed by atoms with Gasteiger partial charge < -0.3 is 16.4 Å². The molecule has 2 aromatic rings. The van der Waals surface area contributed by atoms with E-state index in [0.717, 1.165) is 16.9 Å². The van der Waals surface area contributed by atoms with Crippen molar-refractivity contribution in [3.05, 3.63) is 45.3 Å². The maximum Gasteiger partial charge on any atom is 0.324 e. The van der Waals surface area contributed by atoms with Crippen LogP contribution in [0.1, 0.15) is 53.0 Å². The molecule has 0 aliphatic carbocycles. The first-order valence-electron chi connectivity index (χ1n) is 8.91. The van der Waals surface area contributed by atoms with Crippen molar-refractivity contribution in [3.63, 3.8) is 0 Å². The zero-order valence-corrected chi connectivity index (χ0v) is 16.6. The number of primary amides is 1. The number of rotatable bonds is 3. The minimum atomic E-state index is -0.513. The Morgan fingerprint density at radius 1 is 1.22 bits per heavy atom. The fourth-order valence-corrected chi connectivity index (χ4v) is 5.63. The fraction of sp³-hybridized carbons (Fsp3) is 0.368. The van der Waals surface area contributed by atoms with Gasteiger partial charge in [0.25, 0.3) is 5.91 Å². The molecule has 0 spiro atoms. The van der Waals surface area contributed by atoms with E-state index in [1.165, 1.54) is 11.3 Å². The highest BCUT2D eigenvalue weighted by atomic mass is 35.5. The summed E-state index contributed by atoms with van der Waals surface area (Å²) in [4.78, 5) is 25.8. The van der Waals surface area contributed by atoms with E-state index in [4.69, 9.17) is 17.3 Å². The number of hydrogen-bond donors (Lipinski definition) is 4. The monoisotopic (exact) mass is 404 g/mol. The van der Waals surface area contributed by atoms with E-state index < -0.39 is 11.9 Å². The Hall–Kier alpha value is -2.09. The number of urea groups is 1. The van der Waals surface area contributed by atoms with Gasteiger partial charge in [-0.05, 0) is 42.2 Å². The van der Waals surface area contributed by atoms with Gasteiger partial charge in [0.2, 0.25) is 0 Å². The van der Waals surface area contributed by atoms with Gasteiger partial charge in [-0.3, -0.25) is 10.1 Å². The molecule has 5 N–H and O–H groups in total. The lowest BCUT2D eigenvalue weighted by Crippen LogP contribution is -2.35. The minimum absolute atomic E-state index is 0.106. The van der Waals surface area contributed by atoms with E-state index in [0.29, 0.717) is 33.2 Å². The predicted octanol–water partition coefficient (Wildman–Crippen LogP) is 4.30. The maximum atomic E-state index is 12.4. The van der Waals surface area contributed by atoms with Crippen LogP contribution in [0.4, 0.5) is 15.5 Å². The van der Waals surface area contributed by atoms with Crippen molar-refractivity contribution in [3.8, 4) is 0 Å². The Kier molecular flexibility index (Phi) is 4.61. The zero-order valence-electron chi connectivity index (χ0n) is 15.0. The molecule has 0 radical (unpaired) electrons. The molecule has 2 aliphatic rings. The molecule has 2 aliphatic heterocycles. The summed E-state index contributed by atoms with van der Waals surface area (Å²) in [5, 5.41) is 10.3. The highest BCUT2D eigenvalue weighted by molar-refractivity contribution is 7.17. The number of nitrogens with one attached hydrogen (secondary N) is 3. The summed E-state index contributed by atoms with van der Waals surface area (Å²) in [7, 11) is 0. The third-order valence-electron chi connectivity index (χ3n) is 5.47. The van der Waals surface area contributed by atoms with Gasteiger partial charge in [0.1, 0.15) is 5.00 Å². The van der Waals surface area contributed by atoms with Crippen LogP contribution in [0.25, 0.3) is 0 Å². The number of benzene rings is 1.